The van der Waals surface area contributed by atoms with Crippen LogP contribution in [0.3, 0.4) is 0 Å². The molecule has 0 aliphatic heterocycles. The molecule has 0 spiro atoms. The second-order valence-electron chi connectivity index (χ2n) is 7.86. The number of carbonyl (C=O) groups excluding carboxylic acids is 2. The number of hydrogen-bond donors (Lipinski definition) is 1. The van der Waals surface area contributed by atoms with Crippen LogP contribution in [0.4, 0.5) is 5.69 Å². The highest BCUT2D eigenvalue weighted by Crippen LogP contribution is 2.34. The van der Waals surface area contributed by atoms with Gasteiger partial charge in [-0.05, 0) is 42.7 Å². The number of aromatic nitrogens is 1. The first-order valence-corrected chi connectivity index (χ1v) is 11.9. The van der Waals surface area contributed by atoms with Crippen molar-refractivity contribution in [2.45, 2.75) is 41.5 Å². The normalized spacial score (nSPS) is 9.71. The summed E-state index contributed by atoms with van der Waals surface area (Å²) >= 11 is 0. The highest BCUT2D eigenvalue weighted by molar-refractivity contribution is 5.98. The molecule has 0 fully saturated rings. The number of hydrogen-bond acceptors (Lipinski definition) is 5. The van der Waals surface area contributed by atoms with E-state index in [9.17, 15) is 14.9 Å². The largest absolute Gasteiger partial charge is 0.461 e. The van der Waals surface area contributed by atoms with Crippen LogP contribution in [0.5, 0.6) is 0 Å². The Kier molecular flexibility index (Phi) is 12.0. The Morgan fingerprint density at radius 2 is 1.51 bits per heavy atom. The van der Waals surface area contributed by atoms with Gasteiger partial charge in [0.15, 0.2) is 0 Å². The fourth-order valence-electron chi connectivity index (χ4n) is 3.32. The molecular formula is C29H37N3O3. The van der Waals surface area contributed by atoms with Crippen LogP contribution in [0.25, 0.3) is 22.3 Å². The molecule has 0 bridgehead atoms. The Balaban J connectivity index is 0.000000779. The van der Waals surface area contributed by atoms with Crippen molar-refractivity contribution in [1.29, 1.82) is 5.26 Å². The van der Waals surface area contributed by atoms with Crippen LogP contribution in [0.15, 0.2) is 48.5 Å². The molecule has 0 saturated carbocycles. The molecule has 0 amide bonds. The van der Waals surface area contributed by atoms with E-state index in [1.54, 1.807) is 18.5 Å². The van der Waals surface area contributed by atoms with Crippen molar-refractivity contribution in [2.75, 3.05) is 19.0 Å². The van der Waals surface area contributed by atoms with E-state index in [0.717, 1.165) is 34.4 Å². The molecule has 0 radical (unpaired) electrons. The summed E-state index contributed by atoms with van der Waals surface area (Å²) in [5, 5.41) is 12.8. The van der Waals surface area contributed by atoms with Crippen LogP contribution in [0, 0.1) is 24.2 Å². The maximum Gasteiger partial charge on any atom is 0.355 e. The lowest BCUT2D eigenvalue weighted by Crippen LogP contribution is -2.11. The van der Waals surface area contributed by atoms with Crippen LogP contribution in [0.2, 0.25) is 0 Å². The lowest BCUT2D eigenvalue weighted by molar-refractivity contribution is -0.110. The van der Waals surface area contributed by atoms with Gasteiger partial charge < -0.3 is 19.4 Å². The number of anilines is 1. The summed E-state index contributed by atoms with van der Waals surface area (Å²) in [6, 6.07) is 18.3. The Morgan fingerprint density at radius 1 is 1.06 bits per heavy atom. The number of esters is 1. The molecule has 35 heavy (non-hydrogen) atoms. The zero-order valence-electron chi connectivity index (χ0n) is 22.1. The first-order chi connectivity index (χ1) is 16.8. The van der Waals surface area contributed by atoms with E-state index in [0.29, 0.717) is 16.8 Å². The lowest BCUT2D eigenvalue weighted by atomic mass is 9.97. The molecule has 0 aliphatic rings. The molecule has 3 aromatic rings. The zero-order valence-corrected chi connectivity index (χ0v) is 22.1. The molecular weight excluding hydrogens is 438 g/mol. The van der Waals surface area contributed by atoms with Crippen molar-refractivity contribution < 1.29 is 14.3 Å². The minimum Gasteiger partial charge on any atom is -0.461 e. The molecule has 3 rings (SSSR count). The van der Waals surface area contributed by atoms with Crippen LogP contribution >= 0.6 is 0 Å². The molecule has 0 atom stereocenters. The van der Waals surface area contributed by atoms with Crippen molar-refractivity contribution in [3.8, 4) is 28.3 Å². The summed E-state index contributed by atoms with van der Waals surface area (Å²) < 4.78 is 6.96. The quantitative estimate of drug-likeness (QED) is 0.320. The number of aldehydes is 1. The first-order valence-electron chi connectivity index (χ1n) is 11.9. The van der Waals surface area contributed by atoms with Gasteiger partial charge in [0.25, 0.3) is 0 Å². The Morgan fingerprint density at radius 3 is 1.91 bits per heavy atom. The third-order valence-electron chi connectivity index (χ3n) is 5.22. The highest BCUT2D eigenvalue weighted by Gasteiger charge is 2.25. The maximum absolute atomic E-state index is 12.5. The fourth-order valence-corrected chi connectivity index (χ4v) is 3.32. The molecule has 0 unspecified atom stereocenters. The van der Waals surface area contributed by atoms with Crippen molar-refractivity contribution in [1.82, 2.24) is 4.57 Å². The van der Waals surface area contributed by atoms with E-state index >= 15 is 0 Å². The second-order valence-corrected chi connectivity index (χ2v) is 7.86. The lowest BCUT2D eigenvalue weighted by Gasteiger charge is -2.09. The van der Waals surface area contributed by atoms with Gasteiger partial charge in [-0.25, -0.2) is 4.79 Å². The topological polar surface area (TPSA) is 84.1 Å². The van der Waals surface area contributed by atoms with Gasteiger partial charge in [0.1, 0.15) is 18.0 Å². The summed E-state index contributed by atoms with van der Waals surface area (Å²) in [6.45, 7) is 11.6. The number of nitrogens with one attached hydrogen (secondary N) is 1. The van der Waals surface area contributed by atoms with E-state index in [1.165, 1.54) is 0 Å². The average Bonchev–Trinajstić information content (AvgIpc) is 3.15. The summed E-state index contributed by atoms with van der Waals surface area (Å²) in [5.74, 6) is -0.216. The van der Waals surface area contributed by atoms with Gasteiger partial charge in [0.05, 0.1) is 12.2 Å². The highest BCUT2D eigenvalue weighted by atomic mass is 16.5. The van der Waals surface area contributed by atoms with Crippen LogP contribution in [-0.2, 0) is 16.6 Å². The smallest absolute Gasteiger partial charge is 0.355 e. The molecule has 186 valence electrons. The standard InChI is InChI=1S/C23H23N3O2.C4H8O.C2H6/c1-5-28-23(27)22-21(20(14-24)15(2)26(22)4)18-8-6-16(7-9-18)17-10-12-19(25-3)13-11-17;1-4(2)3-5;1-2/h6-13,25H,5H2,1-4H3;3-4H,1-2H3;1-2H3. The number of carbonyl (C=O) groups is 2. The number of benzene rings is 2. The SMILES string of the molecule is CC.CC(C)C=O.CCOC(=O)c1c(-c2ccc(-c3ccc(NC)cc3)cc2)c(C#N)c(C)n1C. The van der Waals surface area contributed by atoms with Gasteiger partial charge in [-0.1, -0.05) is 64.1 Å². The molecule has 0 aliphatic carbocycles. The van der Waals surface area contributed by atoms with E-state index in [1.807, 2.05) is 78.1 Å². The summed E-state index contributed by atoms with van der Waals surface area (Å²) in [6.07, 6.45) is 0.917. The molecule has 6 heteroatoms. The van der Waals surface area contributed by atoms with Gasteiger partial charge in [-0.15, -0.1) is 0 Å². The minimum absolute atomic E-state index is 0.204. The van der Waals surface area contributed by atoms with E-state index < -0.39 is 5.97 Å². The number of nitriles is 1. The molecule has 0 saturated heterocycles. The van der Waals surface area contributed by atoms with E-state index in [4.69, 9.17) is 4.74 Å². The molecule has 2 aromatic carbocycles. The van der Waals surface area contributed by atoms with Crippen LogP contribution < -0.4 is 5.32 Å². The van der Waals surface area contributed by atoms with Crippen molar-refractivity contribution >= 4 is 17.9 Å². The average molecular weight is 476 g/mol. The fraction of sp³-hybridized carbons (Fsp3) is 0.345. The first kappa shape index (κ1) is 29.2. The van der Waals surface area contributed by atoms with E-state index in [-0.39, 0.29) is 12.5 Å². The third kappa shape index (κ3) is 7.31. The number of rotatable bonds is 6. The monoisotopic (exact) mass is 475 g/mol. The van der Waals surface area contributed by atoms with Gasteiger partial charge in [-0.2, -0.15) is 5.26 Å². The van der Waals surface area contributed by atoms with E-state index in [2.05, 4.69) is 23.5 Å². The Hall–Kier alpha value is -3.85. The second kappa shape index (κ2) is 14.4. The Labute approximate surface area is 209 Å². The van der Waals surface area contributed by atoms with Gasteiger partial charge in [0, 0.05) is 37.0 Å². The zero-order chi connectivity index (χ0) is 26.5. The molecule has 1 N–H and O–H groups in total. The van der Waals surface area contributed by atoms with Gasteiger partial charge >= 0.3 is 5.97 Å². The third-order valence-corrected chi connectivity index (χ3v) is 5.22. The Bertz CT molecular complexity index is 1140. The predicted octanol–water partition coefficient (Wildman–Crippen LogP) is 6.63. The summed E-state index contributed by atoms with van der Waals surface area (Å²) in [5.41, 5.74) is 6.30. The number of ether oxygens (including phenoxy) is 1. The van der Waals surface area contributed by atoms with Crippen LogP contribution in [0.1, 0.15) is 56.4 Å². The number of nitrogens with zero attached hydrogens (tertiary/aromatic N) is 2. The summed E-state index contributed by atoms with van der Waals surface area (Å²) in [7, 11) is 3.67. The van der Waals surface area contributed by atoms with Crippen LogP contribution in [-0.4, -0.2) is 30.5 Å². The molecule has 1 aromatic heterocycles. The minimum atomic E-state index is -0.420. The molecule has 1 heterocycles. The summed E-state index contributed by atoms with van der Waals surface area (Å²) in [4.78, 5) is 22.0. The van der Waals surface area contributed by atoms with Crippen molar-refractivity contribution in [3.63, 3.8) is 0 Å². The van der Waals surface area contributed by atoms with Crippen molar-refractivity contribution in [3.05, 3.63) is 65.5 Å². The maximum atomic E-state index is 12.5. The van der Waals surface area contributed by atoms with Crippen molar-refractivity contribution in [2.24, 2.45) is 13.0 Å². The van der Waals surface area contributed by atoms with Gasteiger partial charge in [0.2, 0.25) is 0 Å². The predicted molar refractivity (Wildman–Crippen MR) is 143 cm³/mol. The molecule has 6 nitrogen and oxygen atoms in total. The van der Waals surface area contributed by atoms with Gasteiger partial charge in [-0.3, -0.25) is 0 Å².